The Balaban J connectivity index is 1.58. The maximum absolute atomic E-state index is 13.1. The van der Waals surface area contributed by atoms with E-state index in [4.69, 9.17) is 0 Å². The summed E-state index contributed by atoms with van der Waals surface area (Å²) in [5.74, 6) is 0.990. The first kappa shape index (κ1) is 16.0. The minimum atomic E-state index is 0.0892. The Kier molecular flexibility index (Phi) is 4.36. The molecule has 4 rings (SSSR count). The highest BCUT2D eigenvalue weighted by atomic mass is 32.1. The van der Waals surface area contributed by atoms with Gasteiger partial charge in [0.15, 0.2) is 0 Å². The van der Waals surface area contributed by atoms with Gasteiger partial charge in [-0.1, -0.05) is 12.1 Å². The molecule has 0 N–H and O–H groups in total. The van der Waals surface area contributed by atoms with Crippen LogP contribution in [0.5, 0.6) is 0 Å². The van der Waals surface area contributed by atoms with Crippen molar-refractivity contribution < 1.29 is 4.79 Å². The third-order valence-electron chi connectivity index (χ3n) is 4.71. The lowest BCUT2D eigenvalue weighted by atomic mass is 10.0. The zero-order valence-electron chi connectivity index (χ0n) is 14.1. The van der Waals surface area contributed by atoms with Crippen LogP contribution < -0.4 is 0 Å². The van der Waals surface area contributed by atoms with Gasteiger partial charge >= 0.3 is 0 Å². The highest BCUT2D eigenvalue weighted by Gasteiger charge is 2.30. The van der Waals surface area contributed by atoms with E-state index in [0.29, 0.717) is 0 Å². The molecule has 1 aliphatic heterocycles. The quantitative estimate of drug-likeness (QED) is 0.718. The topological polar surface area (TPSA) is 51.0 Å². The molecule has 0 radical (unpaired) electrons. The van der Waals surface area contributed by atoms with Gasteiger partial charge in [-0.15, -0.1) is 11.3 Å². The number of nitrogens with zero attached hydrogens (tertiary/aromatic N) is 4. The van der Waals surface area contributed by atoms with Crippen LogP contribution in [0.1, 0.15) is 40.7 Å². The van der Waals surface area contributed by atoms with Gasteiger partial charge in [-0.25, -0.2) is 9.97 Å². The summed E-state index contributed by atoms with van der Waals surface area (Å²) in [5, 5.41) is 3.02. The minimum Gasteiger partial charge on any atom is -0.334 e. The number of hydrogen-bond donors (Lipinski definition) is 0. The number of rotatable bonds is 3. The van der Waals surface area contributed by atoms with Crippen molar-refractivity contribution in [1.29, 1.82) is 0 Å². The average molecular weight is 352 g/mol. The summed E-state index contributed by atoms with van der Waals surface area (Å²) < 4.78 is 1.97. The molecule has 5 nitrogen and oxygen atoms in total. The summed E-state index contributed by atoms with van der Waals surface area (Å²) in [5.41, 5.74) is 1.74. The molecule has 1 aromatic carbocycles. The van der Waals surface area contributed by atoms with E-state index >= 15 is 0 Å². The van der Waals surface area contributed by atoms with E-state index in [9.17, 15) is 4.79 Å². The smallest absolute Gasteiger partial charge is 0.254 e. The molecule has 25 heavy (non-hydrogen) atoms. The number of amides is 1. The van der Waals surface area contributed by atoms with Crippen LogP contribution in [0.25, 0.3) is 11.4 Å². The van der Waals surface area contributed by atoms with E-state index in [-0.39, 0.29) is 11.9 Å². The number of benzene rings is 1. The Hall–Kier alpha value is -2.47. The molecular formula is C19H20N4OS. The van der Waals surface area contributed by atoms with Gasteiger partial charge in [-0.3, -0.25) is 4.79 Å². The first-order valence-corrected chi connectivity index (χ1v) is 9.40. The number of piperidine rings is 1. The molecule has 1 fully saturated rings. The van der Waals surface area contributed by atoms with Gasteiger partial charge in [0.1, 0.15) is 10.8 Å². The van der Waals surface area contributed by atoms with Crippen molar-refractivity contribution >= 4 is 17.2 Å². The second-order valence-electron chi connectivity index (χ2n) is 6.32. The Morgan fingerprint density at radius 1 is 1.16 bits per heavy atom. The third-order valence-corrected chi connectivity index (χ3v) is 5.59. The predicted octanol–water partition coefficient (Wildman–Crippen LogP) is 3.91. The zero-order valence-corrected chi connectivity index (χ0v) is 14.9. The predicted molar refractivity (Wildman–Crippen MR) is 98.4 cm³/mol. The van der Waals surface area contributed by atoms with Crippen LogP contribution in [0.15, 0.2) is 48.2 Å². The molecule has 3 heterocycles. The Labute approximate surface area is 151 Å². The van der Waals surface area contributed by atoms with Crippen LogP contribution in [0.3, 0.4) is 0 Å². The lowest BCUT2D eigenvalue weighted by Gasteiger charge is -2.34. The molecule has 1 atom stereocenters. The lowest BCUT2D eigenvalue weighted by molar-refractivity contribution is 0.0611. The number of likely N-dealkylation sites (tertiary alicyclic amines) is 1. The van der Waals surface area contributed by atoms with Gasteiger partial charge in [0.05, 0.1) is 6.04 Å². The van der Waals surface area contributed by atoms with Gasteiger partial charge in [0.25, 0.3) is 5.91 Å². The van der Waals surface area contributed by atoms with Gasteiger partial charge < -0.3 is 9.47 Å². The van der Waals surface area contributed by atoms with E-state index in [1.807, 2.05) is 58.6 Å². The first-order chi connectivity index (χ1) is 12.2. The Morgan fingerprint density at radius 3 is 2.68 bits per heavy atom. The van der Waals surface area contributed by atoms with Crippen molar-refractivity contribution in [1.82, 2.24) is 19.4 Å². The zero-order chi connectivity index (χ0) is 17.2. The maximum Gasteiger partial charge on any atom is 0.254 e. The molecule has 0 bridgehead atoms. The standard InChI is InChI=1S/C19H20N4OS/c1-22-12-9-20-17(22)14-5-7-15(8-6-14)19(24)23-11-3-2-4-16(23)18-21-10-13-25-18/h5-10,12-13,16H,2-4,11H2,1H3. The third kappa shape index (κ3) is 3.09. The van der Waals surface area contributed by atoms with Crippen LogP contribution in [-0.2, 0) is 7.05 Å². The second kappa shape index (κ2) is 6.80. The average Bonchev–Trinajstić information content (AvgIpc) is 3.33. The van der Waals surface area contributed by atoms with Crippen LogP contribution >= 0.6 is 11.3 Å². The Morgan fingerprint density at radius 2 is 2.00 bits per heavy atom. The van der Waals surface area contributed by atoms with Crippen molar-refractivity contribution in [2.75, 3.05) is 6.54 Å². The normalized spacial score (nSPS) is 17.6. The molecule has 1 amide bonds. The van der Waals surface area contributed by atoms with Crippen molar-refractivity contribution in [2.45, 2.75) is 25.3 Å². The molecule has 6 heteroatoms. The maximum atomic E-state index is 13.1. The lowest BCUT2D eigenvalue weighted by Crippen LogP contribution is -2.38. The van der Waals surface area contributed by atoms with Crippen molar-refractivity contribution in [3.05, 3.63) is 58.8 Å². The van der Waals surface area contributed by atoms with Crippen molar-refractivity contribution in [3.8, 4) is 11.4 Å². The molecule has 3 aromatic rings. The molecule has 1 saturated heterocycles. The monoisotopic (exact) mass is 352 g/mol. The van der Waals surface area contributed by atoms with Gasteiger partial charge in [-0.2, -0.15) is 0 Å². The van der Waals surface area contributed by atoms with Crippen LogP contribution in [0.2, 0.25) is 0 Å². The van der Waals surface area contributed by atoms with Crippen LogP contribution in [0, 0.1) is 0 Å². The Bertz CT molecular complexity index is 854. The van der Waals surface area contributed by atoms with E-state index in [0.717, 1.165) is 47.8 Å². The van der Waals surface area contributed by atoms with E-state index in [1.165, 1.54) is 0 Å². The van der Waals surface area contributed by atoms with Crippen LogP contribution in [-0.4, -0.2) is 31.9 Å². The summed E-state index contributed by atoms with van der Waals surface area (Å²) in [6, 6.07) is 7.85. The van der Waals surface area contributed by atoms with Crippen LogP contribution in [0.4, 0.5) is 0 Å². The van der Waals surface area contributed by atoms with Gasteiger partial charge in [0, 0.05) is 48.7 Å². The minimum absolute atomic E-state index is 0.0892. The van der Waals surface area contributed by atoms with E-state index in [1.54, 1.807) is 17.5 Å². The molecule has 2 aromatic heterocycles. The summed E-state index contributed by atoms with van der Waals surface area (Å²) in [7, 11) is 1.97. The first-order valence-electron chi connectivity index (χ1n) is 8.52. The second-order valence-corrected chi connectivity index (χ2v) is 7.25. The number of imidazole rings is 1. The highest BCUT2D eigenvalue weighted by Crippen LogP contribution is 2.33. The molecule has 128 valence electrons. The molecule has 0 aliphatic carbocycles. The van der Waals surface area contributed by atoms with Crippen molar-refractivity contribution in [3.63, 3.8) is 0 Å². The van der Waals surface area contributed by atoms with Gasteiger partial charge in [0.2, 0.25) is 0 Å². The molecular weight excluding hydrogens is 332 g/mol. The number of carbonyl (C=O) groups is 1. The van der Waals surface area contributed by atoms with E-state index in [2.05, 4.69) is 9.97 Å². The highest BCUT2D eigenvalue weighted by molar-refractivity contribution is 7.09. The summed E-state index contributed by atoms with van der Waals surface area (Å²) in [4.78, 5) is 23.8. The molecule has 0 spiro atoms. The van der Waals surface area contributed by atoms with Gasteiger partial charge in [-0.05, 0) is 31.4 Å². The largest absolute Gasteiger partial charge is 0.334 e. The number of thiazole rings is 1. The SMILES string of the molecule is Cn1ccnc1-c1ccc(C(=O)N2CCCCC2c2nccs2)cc1. The fraction of sp³-hybridized carbons (Fsp3) is 0.316. The summed E-state index contributed by atoms with van der Waals surface area (Å²) in [6.45, 7) is 0.796. The number of aromatic nitrogens is 3. The molecule has 1 unspecified atom stereocenters. The number of carbonyl (C=O) groups excluding carboxylic acids is 1. The fourth-order valence-corrected chi connectivity index (χ4v) is 4.19. The summed E-state index contributed by atoms with van der Waals surface area (Å²) in [6.07, 6.45) is 8.70. The fourth-order valence-electron chi connectivity index (χ4n) is 3.40. The summed E-state index contributed by atoms with van der Waals surface area (Å²) >= 11 is 1.63. The van der Waals surface area contributed by atoms with Crippen molar-refractivity contribution in [2.24, 2.45) is 7.05 Å². The van der Waals surface area contributed by atoms with E-state index < -0.39 is 0 Å². The number of hydrogen-bond acceptors (Lipinski definition) is 4. The molecule has 0 saturated carbocycles. The number of aryl methyl sites for hydroxylation is 1. The molecule has 1 aliphatic rings.